The van der Waals surface area contributed by atoms with Crippen molar-refractivity contribution in [3.05, 3.63) is 68.6 Å². The fourth-order valence-corrected chi connectivity index (χ4v) is 5.95. The van der Waals surface area contributed by atoms with Crippen LogP contribution in [0.1, 0.15) is 11.1 Å². The van der Waals surface area contributed by atoms with Gasteiger partial charge < -0.3 is 0 Å². The van der Waals surface area contributed by atoms with Gasteiger partial charge in [0.1, 0.15) is 0 Å². The van der Waals surface area contributed by atoms with Crippen LogP contribution in [-0.4, -0.2) is 66.8 Å². The van der Waals surface area contributed by atoms with E-state index in [9.17, 15) is 87.4 Å². The predicted octanol–water partition coefficient (Wildman–Crippen LogP) is 11.8. The van der Waals surface area contributed by atoms with Crippen LogP contribution in [0.25, 0.3) is 0 Å². The molecular weight excluding hydrogens is 968 g/mol. The molecule has 0 aromatic heterocycles. The van der Waals surface area contributed by atoms with Crippen molar-refractivity contribution < 1.29 is 114 Å². The maximum absolute atomic E-state index is 15.5. The normalized spacial score (nSPS) is 17.7. The molecule has 0 aliphatic rings. The molecule has 2 aromatic carbocycles. The third-order valence-electron chi connectivity index (χ3n) is 7.12. The number of benzene rings is 2. The lowest BCUT2D eigenvalue weighted by atomic mass is 9.79. The van der Waals surface area contributed by atoms with E-state index in [0.29, 0.717) is 0 Å². The topological polar surface area (TPSA) is 34.1 Å². The van der Waals surface area contributed by atoms with Crippen LogP contribution >= 0.6 is 31.9 Å². The van der Waals surface area contributed by atoms with Crippen LogP contribution in [0.4, 0.5) is 105 Å². The Morgan fingerprint density at radius 1 is 0.340 bits per heavy atom. The number of hydrogen-bond acceptors (Lipinski definition) is 2. The van der Waals surface area contributed by atoms with Crippen LogP contribution in [0.15, 0.2) is 57.5 Å². The maximum Gasteiger partial charge on any atom is 0.457 e. The van der Waals surface area contributed by atoms with Crippen LogP contribution in [0.3, 0.4) is 0 Å². The molecule has 0 saturated carbocycles. The lowest BCUT2D eigenvalue weighted by molar-refractivity contribution is -0.411. The van der Waals surface area contributed by atoms with Crippen LogP contribution < -0.4 is 0 Å². The minimum atomic E-state index is -10.4. The van der Waals surface area contributed by atoms with E-state index in [1.807, 2.05) is 0 Å². The molecule has 2 aromatic rings. The molecule has 2 rings (SSSR count). The van der Waals surface area contributed by atoms with Gasteiger partial charge in [0, 0.05) is 20.1 Å². The van der Waals surface area contributed by atoms with Crippen molar-refractivity contribution in [2.24, 2.45) is 0 Å². The van der Waals surface area contributed by atoms with Crippen molar-refractivity contribution in [1.29, 1.82) is 0 Å². The zero-order chi connectivity index (χ0) is 42.5. The molecule has 0 radical (unpaired) electrons. The number of halogens is 26. The highest BCUT2D eigenvalue weighted by atomic mass is 79.9. The van der Waals surface area contributed by atoms with Crippen molar-refractivity contribution in [2.45, 2.75) is 69.7 Å². The number of sulfone groups is 1. The molecule has 2 nitrogen and oxygen atoms in total. The van der Waals surface area contributed by atoms with Crippen molar-refractivity contribution in [1.82, 2.24) is 0 Å². The molecule has 0 heterocycles. The van der Waals surface area contributed by atoms with Gasteiger partial charge in [0.15, 0.2) is 0 Å². The Balaban J connectivity index is 3.05. The molecule has 0 aliphatic heterocycles. The third-order valence-corrected chi connectivity index (χ3v) is 10.0. The fraction of sp³-hybridized carbons (Fsp3) is 0.500. The molecule has 0 N–H and O–H groups in total. The van der Waals surface area contributed by atoms with Crippen LogP contribution in [-0.2, 0) is 21.2 Å². The van der Waals surface area contributed by atoms with E-state index in [1.165, 1.54) is 0 Å². The standard InChI is InChI=1S/C24H8Br2F24O2S/c25-11-5-1-9(2-6-11)13(27,17(33,34)21(41,42)43)15(29,30)19(37,38)23(47,48)53(51,52)24(49,50)20(39,40)16(31,32)14(28,18(35,36)22(44,45)46)10-3-7-12(26)8-4-10/h1-8H. The molecule has 2 unspecified atom stereocenters. The van der Waals surface area contributed by atoms with Gasteiger partial charge in [-0.05, 0) is 24.3 Å². The second-order valence-electron chi connectivity index (χ2n) is 10.3. The van der Waals surface area contributed by atoms with Gasteiger partial charge >= 0.3 is 58.4 Å². The van der Waals surface area contributed by atoms with E-state index in [1.54, 1.807) is 0 Å². The first kappa shape index (κ1) is 46.8. The van der Waals surface area contributed by atoms with E-state index in [4.69, 9.17) is 0 Å². The summed E-state index contributed by atoms with van der Waals surface area (Å²) >= 11 is 4.68. The second kappa shape index (κ2) is 12.9. The molecule has 304 valence electrons. The Bertz CT molecular complexity index is 1650. The molecular formula is C24H8Br2F24O2S. The van der Waals surface area contributed by atoms with Crippen molar-refractivity contribution in [2.75, 3.05) is 0 Å². The fourth-order valence-electron chi connectivity index (χ4n) is 4.17. The minimum absolute atomic E-state index is 0.0542. The first-order valence-electron chi connectivity index (χ1n) is 12.3. The Morgan fingerprint density at radius 2 is 0.547 bits per heavy atom. The smallest absolute Gasteiger partial charge is 0.224 e. The van der Waals surface area contributed by atoms with E-state index in [0.717, 1.165) is 0 Å². The van der Waals surface area contributed by atoms with E-state index in [2.05, 4.69) is 31.9 Å². The summed E-state index contributed by atoms with van der Waals surface area (Å²) in [4.78, 5) is 0. The van der Waals surface area contributed by atoms with Crippen LogP contribution in [0.5, 0.6) is 0 Å². The van der Waals surface area contributed by atoms with Gasteiger partial charge in [0.05, 0.1) is 0 Å². The van der Waals surface area contributed by atoms with E-state index in [-0.39, 0.29) is 24.3 Å². The van der Waals surface area contributed by atoms with Crippen LogP contribution in [0.2, 0.25) is 0 Å². The van der Waals surface area contributed by atoms with E-state index >= 15 is 26.3 Å². The summed E-state index contributed by atoms with van der Waals surface area (Å²) in [5.41, 5.74) is -22.0. The second-order valence-corrected chi connectivity index (χ2v) is 14.2. The third kappa shape index (κ3) is 5.96. The summed E-state index contributed by atoms with van der Waals surface area (Å²) in [6.07, 6.45) is -15.9. The Labute approximate surface area is 293 Å². The molecule has 29 heteroatoms. The minimum Gasteiger partial charge on any atom is -0.224 e. The summed E-state index contributed by atoms with van der Waals surface area (Å²) in [6.45, 7) is 0. The maximum atomic E-state index is 15.5. The number of alkyl halides is 24. The largest absolute Gasteiger partial charge is 0.457 e. The molecule has 0 bridgehead atoms. The van der Waals surface area contributed by atoms with Crippen molar-refractivity contribution >= 4 is 41.7 Å². The summed E-state index contributed by atoms with van der Waals surface area (Å²) in [7, 11) is -10.4. The Morgan fingerprint density at radius 3 is 0.736 bits per heavy atom. The molecule has 0 aliphatic carbocycles. The Hall–Kier alpha value is -2.33. The average Bonchev–Trinajstić information content (AvgIpc) is 2.98. The quantitative estimate of drug-likeness (QED) is 0.199. The first-order chi connectivity index (χ1) is 23.0. The lowest BCUT2D eigenvalue weighted by Gasteiger charge is -2.46. The van der Waals surface area contributed by atoms with E-state index < -0.39 is 124 Å². The van der Waals surface area contributed by atoms with Gasteiger partial charge in [-0.1, -0.05) is 56.1 Å². The van der Waals surface area contributed by atoms with Gasteiger partial charge in [0.2, 0.25) is 0 Å². The lowest BCUT2D eigenvalue weighted by Crippen LogP contribution is -2.75. The monoisotopic (exact) mass is 974 g/mol. The summed E-state index contributed by atoms with van der Waals surface area (Å²) in [5.74, 6) is -52.4. The summed E-state index contributed by atoms with van der Waals surface area (Å²) < 4.78 is 368. The zero-order valence-corrected chi connectivity index (χ0v) is 27.7. The molecule has 53 heavy (non-hydrogen) atoms. The van der Waals surface area contributed by atoms with Gasteiger partial charge in [-0.3, -0.25) is 0 Å². The highest BCUT2D eigenvalue weighted by molar-refractivity contribution is 9.10. The predicted molar refractivity (Wildman–Crippen MR) is 134 cm³/mol. The zero-order valence-electron chi connectivity index (χ0n) is 23.7. The van der Waals surface area contributed by atoms with Gasteiger partial charge in [-0.25, -0.2) is 17.2 Å². The van der Waals surface area contributed by atoms with Gasteiger partial charge in [-0.2, -0.15) is 96.6 Å². The highest BCUT2D eigenvalue weighted by Gasteiger charge is 2.97. The van der Waals surface area contributed by atoms with Crippen molar-refractivity contribution in [3.63, 3.8) is 0 Å². The Kier molecular flexibility index (Phi) is 11.4. The number of rotatable bonds is 12. The molecule has 0 saturated heterocycles. The average molecular weight is 976 g/mol. The SMILES string of the molecule is O=S(=O)(C(F)(F)C(F)(F)C(F)(F)C(F)(c1ccc(Br)cc1)C(F)(F)C(F)(F)F)C(F)(F)C(F)(F)C(F)(F)C(F)(c1ccc(Br)cc1)C(F)(F)C(F)(F)F. The molecule has 0 spiro atoms. The summed E-state index contributed by atoms with van der Waals surface area (Å²) in [5, 5.41) is -18.5. The molecule has 0 amide bonds. The van der Waals surface area contributed by atoms with Crippen LogP contribution in [0, 0.1) is 0 Å². The first-order valence-corrected chi connectivity index (χ1v) is 15.4. The number of hydrogen-bond donors (Lipinski definition) is 0. The molecule has 0 fully saturated rings. The van der Waals surface area contributed by atoms with Gasteiger partial charge in [-0.15, -0.1) is 0 Å². The molecule has 2 atom stereocenters. The summed E-state index contributed by atoms with van der Waals surface area (Å²) in [6, 6.07) is -3.19. The highest BCUT2D eigenvalue weighted by Crippen LogP contribution is 2.68. The van der Waals surface area contributed by atoms with Gasteiger partial charge in [0.25, 0.3) is 21.2 Å². The van der Waals surface area contributed by atoms with Crippen molar-refractivity contribution in [3.8, 4) is 0 Å².